The molecule has 0 aliphatic heterocycles. The summed E-state index contributed by atoms with van der Waals surface area (Å²) >= 11 is 0. The van der Waals surface area contributed by atoms with Gasteiger partial charge in [-0.2, -0.15) is 0 Å². The Balaban J connectivity index is 2.16. The predicted octanol–water partition coefficient (Wildman–Crippen LogP) is 2.57. The quantitative estimate of drug-likeness (QED) is 0.672. The lowest BCUT2D eigenvalue weighted by atomic mass is 9.85. The van der Waals surface area contributed by atoms with Crippen molar-refractivity contribution in [2.75, 3.05) is 6.54 Å². The number of carbonyl (C=O) groups is 1. The van der Waals surface area contributed by atoms with Crippen LogP contribution in [0.1, 0.15) is 35.2 Å². The number of amides is 1. The molecule has 6 heteroatoms. The van der Waals surface area contributed by atoms with E-state index in [1.54, 1.807) is 0 Å². The van der Waals surface area contributed by atoms with Crippen LogP contribution < -0.4 is 5.32 Å². The van der Waals surface area contributed by atoms with Gasteiger partial charge in [-0.3, -0.25) is 14.9 Å². The highest BCUT2D eigenvalue weighted by molar-refractivity contribution is 5.95. The van der Waals surface area contributed by atoms with Crippen molar-refractivity contribution >= 4 is 11.6 Å². The fraction of sp³-hybridized carbons (Fsp3) is 0.462. The molecule has 0 radical (unpaired) electrons. The van der Waals surface area contributed by atoms with E-state index >= 15 is 0 Å². The molecule has 0 bridgehead atoms. The first-order chi connectivity index (χ1) is 8.99. The maximum atomic E-state index is 13.8. The van der Waals surface area contributed by atoms with Crippen LogP contribution in [0.5, 0.6) is 0 Å². The molecule has 0 unspecified atom stereocenters. The van der Waals surface area contributed by atoms with E-state index in [0.717, 1.165) is 31.4 Å². The second kappa shape index (κ2) is 5.34. The number of benzene rings is 1. The first-order valence-electron chi connectivity index (χ1n) is 6.21. The van der Waals surface area contributed by atoms with Crippen molar-refractivity contribution in [1.82, 2.24) is 5.32 Å². The summed E-state index contributed by atoms with van der Waals surface area (Å²) < 4.78 is 13.8. The van der Waals surface area contributed by atoms with E-state index in [-0.39, 0.29) is 16.8 Å². The number of rotatable bonds is 4. The van der Waals surface area contributed by atoms with Crippen LogP contribution in [-0.4, -0.2) is 17.4 Å². The summed E-state index contributed by atoms with van der Waals surface area (Å²) in [7, 11) is 0. The third-order valence-corrected chi connectivity index (χ3v) is 3.47. The van der Waals surface area contributed by atoms with Crippen LogP contribution >= 0.6 is 0 Å². The van der Waals surface area contributed by atoms with Gasteiger partial charge in [-0.25, -0.2) is 4.39 Å². The molecule has 0 atom stereocenters. The van der Waals surface area contributed by atoms with Gasteiger partial charge in [0.2, 0.25) is 0 Å². The van der Waals surface area contributed by atoms with E-state index in [4.69, 9.17) is 0 Å². The molecule has 1 aliphatic rings. The molecule has 1 aromatic carbocycles. The van der Waals surface area contributed by atoms with Crippen molar-refractivity contribution in [3.63, 3.8) is 0 Å². The molecule has 0 spiro atoms. The molecule has 1 fully saturated rings. The summed E-state index contributed by atoms with van der Waals surface area (Å²) in [6.07, 6.45) is 3.29. The van der Waals surface area contributed by atoms with Crippen molar-refractivity contribution in [2.45, 2.75) is 26.2 Å². The molecule has 19 heavy (non-hydrogen) atoms. The van der Waals surface area contributed by atoms with Gasteiger partial charge in [-0.05, 0) is 31.2 Å². The molecule has 0 heterocycles. The highest BCUT2D eigenvalue weighted by atomic mass is 19.1. The van der Waals surface area contributed by atoms with Crippen LogP contribution in [0.4, 0.5) is 10.1 Å². The monoisotopic (exact) mass is 266 g/mol. The second-order valence-electron chi connectivity index (χ2n) is 4.89. The number of hydrogen-bond donors (Lipinski definition) is 1. The van der Waals surface area contributed by atoms with Gasteiger partial charge in [0.1, 0.15) is 5.82 Å². The number of carbonyl (C=O) groups excluding carboxylic acids is 1. The number of nitrogens with zero attached hydrogens (tertiary/aromatic N) is 1. The van der Waals surface area contributed by atoms with Crippen molar-refractivity contribution in [1.29, 1.82) is 0 Å². The Morgan fingerprint density at radius 3 is 2.74 bits per heavy atom. The minimum absolute atomic E-state index is 0.1000. The Labute approximate surface area is 110 Å². The maximum absolute atomic E-state index is 13.8. The third-order valence-electron chi connectivity index (χ3n) is 3.47. The lowest BCUT2D eigenvalue weighted by Crippen LogP contribution is -2.32. The number of nitro groups is 1. The Bertz CT molecular complexity index is 527. The fourth-order valence-electron chi connectivity index (χ4n) is 2.05. The second-order valence-corrected chi connectivity index (χ2v) is 4.89. The highest BCUT2D eigenvalue weighted by Gasteiger charge is 2.22. The van der Waals surface area contributed by atoms with E-state index in [1.165, 1.54) is 6.92 Å². The average molecular weight is 266 g/mol. The maximum Gasteiger partial charge on any atom is 0.270 e. The SMILES string of the molecule is Cc1cc([N+](=O)[O-])cc(C(=O)NCC2CCC2)c1F. The van der Waals surface area contributed by atoms with E-state index in [2.05, 4.69) is 5.32 Å². The molecule has 0 aromatic heterocycles. The first-order valence-corrected chi connectivity index (χ1v) is 6.21. The van der Waals surface area contributed by atoms with E-state index in [9.17, 15) is 19.3 Å². The largest absolute Gasteiger partial charge is 0.352 e. The molecule has 1 N–H and O–H groups in total. The van der Waals surface area contributed by atoms with E-state index in [0.29, 0.717) is 12.5 Å². The summed E-state index contributed by atoms with van der Waals surface area (Å²) in [5.74, 6) is -0.834. The van der Waals surface area contributed by atoms with Gasteiger partial charge < -0.3 is 5.32 Å². The minimum atomic E-state index is -0.697. The van der Waals surface area contributed by atoms with E-state index < -0.39 is 16.6 Å². The minimum Gasteiger partial charge on any atom is -0.352 e. The third kappa shape index (κ3) is 2.89. The summed E-state index contributed by atoms with van der Waals surface area (Å²) in [4.78, 5) is 21.9. The van der Waals surface area contributed by atoms with Crippen molar-refractivity contribution in [3.05, 3.63) is 39.2 Å². The van der Waals surface area contributed by atoms with Crippen LogP contribution in [0, 0.1) is 28.8 Å². The molecule has 5 nitrogen and oxygen atoms in total. The van der Waals surface area contributed by atoms with Crippen LogP contribution in [0.15, 0.2) is 12.1 Å². The number of aryl methyl sites for hydroxylation is 1. The van der Waals surface area contributed by atoms with Crippen LogP contribution in [0.2, 0.25) is 0 Å². The van der Waals surface area contributed by atoms with Crippen molar-refractivity contribution < 1.29 is 14.1 Å². The Morgan fingerprint density at radius 1 is 1.53 bits per heavy atom. The molecular weight excluding hydrogens is 251 g/mol. The molecule has 1 aliphatic carbocycles. The molecule has 102 valence electrons. The lowest BCUT2D eigenvalue weighted by Gasteiger charge is -2.25. The van der Waals surface area contributed by atoms with Gasteiger partial charge in [0.25, 0.3) is 11.6 Å². The summed E-state index contributed by atoms with van der Waals surface area (Å²) in [6, 6.07) is 2.11. The molecular formula is C13H15FN2O3. The molecule has 1 aromatic rings. The number of non-ortho nitro benzene ring substituents is 1. The average Bonchev–Trinajstić information content (AvgIpc) is 2.29. The molecule has 2 rings (SSSR count). The zero-order valence-electron chi connectivity index (χ0n) is 10.6. The van der Waals surface area contributed by atoms with Gasteiger partial charge in [0, 0.05) is 18.7 Å². The number of hydrogen-bond acceptors (Lipinski definition) is 3. The zero-order valence-corrected chi connectivity index (χ0v) is 10.6. The summed E-state index contributed by atoms with van der Waals surface area (Å²) in [5.41, 5.74) is -0.429. The predicted molar refractivity (Wildman–Crippen MR) is 67.5 cm³/mol. The topological polar surface area (TPSA) is 72.2 Å². The number of halogens is 1. The first kappa shape index (κ1) is 13.5. The fourth-order valence-corrected chi connectivity index (χ4v) is 2.05. The highest BCUT2D eigenvalue weighted by Crippen LogP contribution is 2.25. The van der Waals surface area contributed by atoms with E-state index in [1.807, 2.05) is 0 Å². The van der Waals surface area contributed by atoms with Gasteiger partial charge in [-0.15, -0.1) is 0 Å². The van der Waals surface area contributed by atoms with Crippen LogP contribution in [0.25, 0.3) is 0 Å². The Hall–Kier alpha value is -1.98. The number of nitro benzene ring substituents is 1. The smallest absolute Gasteiger partial charge is 0.270 e. The van der Waals surface area contributed by atoms with Gasteiger partial charge >= 0.3 is 0 Å². The zero-order chi connectivity index (χ0) is 14.0. The molecule has 1 saturated carbocycles. The Morgan fingerprint density at radius 2 is 2.21 bits per heavy atom. The standard InChI is InChI=1S/C13H15FN2O3/c1-8-5-10(16(18)19)6-11(12(8)14)13(17)15-7-9-3-2-4-9/h5-6,9H,2-4,7H2,1H3,(H,15,17). The van der Waals surface area contributed by atoms with Gasteiger partial charge in [0.05, 0.1) is 10.5 Å². The van der Waals surface area contributed by atoms with Gasteiger partial charge in [-0.1, -0.05) is 6.42 Å². The summed E-state index contributed by atoms with van der Waals surface area (Å²) in [5, 5.41) is 13.3. The van der Waals surface area contributed by atoms with Crippen LogP contribution in [-0.2, 0) is 0 Å². The lowest BCUT2D eigenvalue weighted by molar-refractivity contribution is -0.385. The number of nitrogens with one attached hydrogen (secondary N) is 1. The molecule has 1 amide bonds. The van der Waals surface area contributed by atoms with Crippen molar-refractivity contribution in [3.8, 4) is 0 Å². The normalized spacial score (nSPS) is 14.8. The van der Waals surface area contributed by atoms with Gasteiger partial charge in [0.15, 0.2) is 0 Å². The van der Waals surface area contributed by atoms with Crippen molar-refractivity contribution in [2.24, 2.45) is 5.92 Å². The summed E-state index contributed by atoms with van der Waals surface area (Å²) in [6.45, 7) is 1.91. The molecule has 0 saturated heterocycles. The van der Waals surface area contributed by atoms with Crippen LogP contribution in [0.3, 0.4) is 0 Å². The Kier molecular flexibility index (Phi) is 3.78.